The summed E-state index contributed by atoms with van der Waals surface area (Å²) in [4.78, 5) is 13.8. The second-order valence-corrected chi connectivity index (χ2v) is 4.80. The van der Waals surface area contributed by atoms with Gasteiger partial charge in [0.15, 0.2) is 0 Å². The van der Waals surface area contributed by atoms with E-state index in [1.165, 1.54) is 11.1 Å². The van der Waals surface area contributed by atoms with Crippen LogP contribution < -0.4 is 5.32 Å². The number of β-amino-alcohol motifs (C(OH)–C–C–N with tert-alkyl or cyclic N) is 1. The van der Waals surface area contributed by atoms with Crippen LogP contribution in [0.3, 0.4) is 0 Å². The molecule has 0 aliphatic carbocycles. The molecule has 1 aromatic carbocycles. The first-order chi connectivity index (χ1) is 8.24. The lowest BCUT2D eigenvalue weighted by Crippen LogP contribution is -2.59. The van der Waals surface area contributed by atoms with Gasteiger partial charge in [-0.2, -0.15) is 0 Å². The summed E-state index contributed by atoms with van der Waals surface area (Å²) in [7, 11) is 0. The molecule has 3 rings (SSSR count). The Morgan fingerprint density at radius 3 is 2.71 bits per heavy atom. The largest absolute Gasteiger partial charge is 0.389 e. The van der Waals surface area contributed by atoms with Crippen molar-refractivity contribution in [3.63, 3.8) is 0 Å². The summed E-state index contributed by atoms with van der Waals surface area (Å²) >= 11 is 0. The van der Waals surface area contributed by atoms with Crippen molar-refractivity contribution in [2.75, 3.05) is 13.1 Å². The SMILES string of the molecule is O=C([C@H]1Cc2ccccc2CN1)N1CC(O)C1. The number of aliphatic hydroxyl groups is 1. The maximum absolute atomic E-state index is 12.1. The van der Waals surface area contributed by atoms with Crippen molar-refractivity contribution >= 4 is 5.91 Å². The Hall–Kier alpha value is -1.39. The molecule has 2 N–H and O–H groups in total. The number of likely N-dealkylation sites (tertiary alicyclic amines) is 1. The predicted molar refractivity (Wildman–Crippen MR) is 63.4 cm³/mol. The number of fused-ring (bicyclic) bond motifs is 1. The second-order valence-electron chi connectivity index (χ2n) is 4.80. The third-order valence-corrected chi connectivity index (χ3v) is 3.55. The zero-order valence-corrected chi connectivity index (χ0v) is 9.60. The second kappa shape index (κ2) is 4.13. The number of carbonyl (C=O) groups excluding carboxylic acids is 1. The number of hydrogen-bond donors (Lipinski definition) is 2. The highest BCUT2D eigenvalue weighted by Crippen LogP contribution is 2.19. The van der Waals surface area contributed by atoms with Crippen LogP contribution in [0.4, 0.5) is 0 Å². The first kappa shape index (κ1) is 10.7. The Labute approximate surface area is 100 Å². The molecule has 2 aliphatic heterocycles. The van der Waals surface area contributed by atoms with Crippen molar-refractivity contribution in [2.45, 2.75) is 25.1 Å². The van der Waals surface area contributed by atoms with Crippen LogP contribution in [0.5, 0.6) is 0 Å². The first-order valence-electron chi connectivity index (χ1n) is 6.01. The average molecular weight is 232 g/mol. The van der Waals surface area contributed by atoms with E-state index >= 15 is 0 Å². The molecule has 0 spiro atoms. The molecule has 0 bridgehead atoms. The van der Waals surface area contributed by atoms with Gasteiger partial charge in [-0.3, -0.25) is 4.79 Å². The number of nitrogens with one attached hydrogen (secondary N) is 1. The molecule has 0 radical (unpaired) electrons. The van der Waals surface area contributed by atoms with E-state index in [-0.39, 0.29) is 18.1 Å². The number of nitrogens with zero attached hydrogens (tertiary/aromatic N) is 1. The number of carbonyl (C=O) groups is 1. The Morgan fingerprint density at radius 1 is 1.29 bits per heavy atom. The molecule has 2 aliphatic rings. The smallest absolute Gasteiger partial charge is 0.240 e. The van der Waals surface area contributed by atoms with Crippen LogP contribution in [0.2, 0.25) is 0 Å². The van der Waals surface area contributed by atoms with Crippen molar-refractivity contribution in [3.8, 4) is 0 Å². The normalized spacial score (nSPS) is 24.1. The first-order valence-corrected chi connectivity index (χ1v) is 6.01. The molecule has 0 unspecified atom stereocenters. The summed E-state index contributed by atoms with van der Waals surface area (Å²) < 4.78 is 0. The van der Waals surface area contributed by atoms with Gasteiger partial charge in [-0.1, -0.05) is 24.3 Å². The van der Waals surface area contributed by atoms with Gasteiger partial charge in [0.05, 0.1) is 12.1 Å². The van der Waals surface area contributed by atoms with E-state index in [1.54, 1.807) is 4.90 Å². The quantitative estimate of drug-likeness (QED) is 0.711. The molecule has 1 atom stereocenters. The Kier molecular flexibility index (Phi) is 2.61. The fourth-order valence-electron chi connectivity index (χ4n) is 2.48. The summed E-state index contributed by atoms with van der Waals surface area (Å²) in [5, 5.41) is 12.5. The van der Waals surface area contributed by atoms with Gasteiger partial charge >= 0.3 is 0 Å². The van der Waals surface area contributed by atoms with E-state index < -0.39 is 0 Å². The number of amides is 1. The summed E-state index contributed by atoms with van der Waals surface area (Å²) in [6.45, 7) is 1.72. The highest BCUT2D eigenvalue weighted by Gasteiger charge is 2.34. The molecule has 1 saturated heterocycles. The molecule has 1 aromatic rings. The van der Waals surface area contributed by atoms with Gasteiger partial charge in [0.2, 0.25) is 5.91 Å². The lowest BCUT2D eigenvalue weighted by Gasteiger charge is -2.39. The number of benzene rings is 1. The summed E-state index contributed by atoms with van der Waals surface area (Å²) in [6.07, 6.45) is 0.427. The van der Waals surface area contributed by atoms with Crippen LogP contribution in [-0.2, 0) is 17.8 Å². The van der Waals surface area contributed by atoms with Crippen molar-refractivity contribution < 1.29 is 9.90 Å². The zero-order chi connectivity index (χ0) is 11.8. The van der Waals surface area contributed by atoms with Crippen molar-refractivity contribution in [1.82, 2.24) is 10.2 Å². The summed E-state index contributed by atoms with van der Waals surface area (Å²) in [5.41, 5.74) is 2.53. The monoisotopic (exact) mass is 232 g/mol. The van der Waals surface area contributed by atoms with E-state index in [4.69, 9.17) is 0 Å². The van der Waals surface area contributed by atoms with Gasteiger partial charge < -0.3 is 15.3 Å². The fourth-order valence-corrected chi connectivity index (χ4v) is 2.48. The molecule has 1 amide bonds. The minimum Gasteiger partial charge on any atom is -0.389 e. The molecule has 4 nitrogen and oxygen atoms in total. The molecule has 0 saturated carbocycles. The topological polar surface area (TPSA) is 52.6 Å². The number of rotatable bonds is 1. The standard InChI is InChI=1S/C13H16N2O2/c16-11-7-15(8-11)13(17)12-5-9-3-1-2-4-10(9)6-14-12/h1-4,11-12,14,16H,5-8H2/t12-/m1/s1. The predicted octanol–water partition coefficient (Wildman–Crippen LogP) is -0.0960. The van der Waals surface area contributed by atoms with Gasteiger partial charge in [0.25, 0.3) is 0 Å². The number of aliphatic hydroxyl groups excluding tert-OH is 1. The van der Waals surface area contributed by atoms with Gasteiger partial charge in [-0.25, -0.2) is 0 Å². The third kappa shape index (κ3) is 1.94. The van der Waals surface area contributed by atoms with Crippen molar-refractivity contribution in [1.29, 1.82) is 0 Å². The van der Waals surface area contributed by atoms with E-state index in [2.05, 4.69) is 17.4 Å². The maximum atomic E-state index is 12.1. The van der Waals surface area contributed by atoms with Crippen LogP contribution in [0.15, 0.2) is 24.3 Å². The Morgan fingerprint density at radius 2 is 2.00 bits per heavy atom. The highest BCUT2D eigenvalue weighted by molar-refractivity contribution is 5.83. The molecular formula is C13H16N2O2. The number of hydrogen-bond acceptors (Lipinski definition) is 3. The van der Waals surface area contributed by atoms with Crippen molar-refractivity contribution in [2.24, 2.45) is 0 Å². The van der Waals surface area contributed by atoms with Crippen LogP contribution >= 0.6 is 0 Å². The van der Waals surface area contributed by atoms with E-state index in [0.717, 1.165) is 13.0 Å². The molecule has 90 valence electrons. The molecular weight excluding hydrogens is 216 g/mol. The molecule has 0 aromatic heterocycles. The van der Waals surface area contributed by atoms with E-state index in [0.29, 0.717) is 13.1 Å². The lowest BCUT2D eigenvalue weighted by molar-refractivity contribution is -0.143. The van der Waals surface area contributed by atoms with Gasteiger partial charge in [0.1, 0.15) is 0 Å². The van der Waals surface area contributed by atoms with Crippen molar-refractivity contribution in [3.05, 3.63) is 35.4 Å². The fraction of sp³-hybridized carbons (Fsp3) is 0.462. The van der Waals surface area contributed by atoms with Gasteiger partial charge in [0, 0.05) is 19.6 Å². The molecule has 17 heavy (non-hydrogen) atoms. The van der Waals surface area contributed by atoms with Gasteiger partial charge in [-0.15, -0.1) is 0 Å². The lowest BCUT2D eigenvalue weighted by atomic mass is 9.94. The van der Waals surface area contributed by atoms with Crippen LogP contribution in [0.25, 0.3) is 0 Å². The Bertz CT molecular complexity index is 441. The minimum atomic E-state index is -0.324. The van der Waals surface area contributed by atoms with E-state index in [9.17, 15) is 9.90 Å². The molecule has 1 fully saturated rings. The zero-order valence-electron chi connectivity index (χ0n) is 9.60. The summed E-state index contributed by atoms with van der Waals surface area (Å²) in [5.74, 6) is 0.116. The highest BCUT2D eigenvalue weighted by atomic mass is 16.3. The summed E-state index contributed by atoms with van der Waals surface area (Å²) in [6, 6.07) is 8.09. The molecule has 4 heteroatoms. The van der Waals surface area contributed by atoms with Crippen LogP contribution in [0.1, 0.15) is 11.1 Å². The average Bonchev–Trinajstić information content (AvgIpc) is 2.33. The van der Waals surface area contributed by atoms with Gasteiger partial charge in [-0.05, 0) is 17.5 Å². The van der Waals surface area contributed by atoms with Crippen LogP contribution in [0, 0.1) is 0 Å². The minimum absolute atomic E-state index is 0.116. The molecule has 2 heterocycles. The van der Waals surface area contributed by atoms with Crippen LogP contribution in [-0.4, -0.2) is 41.1 Å². The van der Waals surface area contributed by atoms with E-state index in [1.807, 2.05) is 12.1 Å². The maximum Gasteiger partial charge on any atom is 0.240 e. The Balaban J connectivity index is 1.69. The third-order valence-electron chi connectivity index (χ3n) is 3.55.